The SMILES string of the molecule is O=C(O)c1c(-c2ccccc2)noc1C(F)(F)F. The maximum atomic E-state index is 12.5. The van der Waals surface area contributed by atoms with E-state index in [0.29, 0.717) is 0 Å². The first kappa shape index (κ1) is 12.2. The average molecular weight is 257 g/mol. The van der Waals surface area contributed by atoms with E-state index in [0.717, 1.165) is 0 Å². The third-order valence-corrected chi connectivity index (χ3v) is 2.21. The second-order valence-corrected chi connectivity index (χ2v) is 3.40. The maximum absolute atomic E-state index is 12.5. The lowest BCUT2D eigenvalue weighted by Crippen LogP contribution is -2.10. The van der Waals surface area contributed by atoms with Gasteiger partial charge in [0.15, 0.2) is 0 Å². The van der Waals surface area contributed by atoms with Crippen molar-refractivity contribution in [2.75, 3.05) is 0 Å². The van der Waals surface area contributed by atoms with Gasteiger partial charge in [-0.2, -0.15) is 13.2 Å². The molecule has 1 N–H and O–H groups in total. The van der Waals surface area contributed by atoms with E-state index < -0.39 is 23.5 Å². The topological polar surface area (TPSA) is 63.3 Å². The zero-order chi connectivity index (χ0) is 13.3. The molecule has 0 unspecified atom stereocenters. The Balaban J connectivity index is 2.64. The first-order valence-electron chi connectivity index (χ1n) is 4.77. The van der Waals surface area contributed by atoms with Crippen molar-refractivity contribution in [3.63, 3.8) is 0 Å². The van der Waals surface area contributed by atoms with Gasteiger partial charge < -0.3 is 9.63 Å². The molecule has 0 saturated heterocycles. The summed E-state index contributed by atoms with van der Waals surface area (Å²) in [6.45, 7) is 0. The Bertz CT molecular complexity index is 575. The maximum Gasteiger partial charge on any atom is 0.453 e. The summed E-state index contributed by atoms with van der Waals surface area (Å²) in [5.74, 6) is -3.34. The van der Waals surface area contributed by atoms with E-state index in [1.807, 2.05) is 0 Å². The van der Waals surface area contributed by atoms with Gasteiger partial charge in [-0.15, -0.1) is 0 Å². The molecule has 2 aromatic rings. The molecule has 0 amide bonds. The summed E-state index contributed by atoms with van der Waals surface area (Å²) >= 11 is 0. The zero-order valence-electron chi connectivity index (χ0n) is 8.73. The van der Waals surface area contributed by atoms with Crippen molar-refractivity contribution >= 4 is 5.97 Å². The molecule has 0 radical (unpaired) electrons. The van der Waals surface area contributed by atoms with Gasteiger partial charge in [0.05, 0.1) is 0 Å². The van der Waals surface area contributed by atoms with Gasteiger partial charge in [-0.05, 0) is 0 Å². The summed E-state index contributed by atoms with van der Waals surface area (Å²) in [6, 6.07) is 7.66. The van der Waals surface area contributed by atoms with E-state index in [-0.39, 0.29) is 11.3 Å². The molecule has 1 aromatic heterocycles. The molecule has 0 saturated carbocycles. The Labute approximate surface area is 98.6 Å². The Morgan fingerprint density at radius 2 is 1.83 bits per heavy atom. The van der Waals surface area contributed by atoms with Gasteiger partial charge in [-0.25, -0.2) is 4.79 Å². The van der Waals surface area contributed by atoms with Crippen molar-refractivity contribution in [1.82, 2.24) is 5.16 Å². The predicted molar refractivity (Wildman–Crippen MR) is 53.9 cm³/mol. The average Bonchev–Trinajstić information content (AvgIpc) is 2.74. The van der Waals surface area contributed by atoms with Gasteiger partial charge in [0.1, 0.15) is 11.3 Å². The van der Waals surface area contributed by atoms with E-state index in [2.05, 4.69) is 9.68 Å². The minimum atomic E-state index is -4.90. The molecule has 1 aromatic carbocycles. The minimum Gasteiger partial charge on any atom is -0.477 e. The number of alkyl halides is 3. The molecule has 0 aliphatic heterocycles. The number of rotatable bonds is 2. The molecule has 4 nitrogen and oxygen atoms in total. The van der Waals surface area contributed by atoms with Gasteiger partial charge in [-0.1, -0.05) is 35.5 Å². The van der Waals surface area contributed by atoms with Crippen LogP contribution < -0.4 is 0 Å². The van der Waals surface area contributed by atoms with Crippen molar-refractivity contribution < 1.29 is 27.6 Å². The van der Waals surface area contributed by atoms with Crippen LogP contribution in [0.4, 0.5) is 13.2 Å². The van der Waals surface area contributed by atoms with Crippen molar-refractivity contribution in [2.45, 2.75) is 6.18 Å². The molecule has 7 heteroatoms. The van der Waals surface area contributed by atoms with Crippen LogP contribution in [0.15, 0.2) is 34.9 Å². The van der Waals surface area contributed by atoms with Crippen LogP contribution >= 0.6 is 0 Å². The second-order valence-electron chi connectivity index (χ2n) is 3.40. The molecular formula is C11H6F3NO3. The fourth-order valence-electron chi connectivity index (χ4n) is 1.48. The smallest absolute Gasteiger partial charge is 0.453 e. The number of carbonyl (C=O) groups is 1. The number of carboxylic acid groups (broad SMARTS) is 1. The standard InChI is InChI=1S/C11H6F3NO3/c12-11(13,14)9-7(10(16)17)8(15-18-9)6-4-2-1-3-5-6/h1-5H,(H,16,17). The molecule has 18 heavy (non-hydrogen) atoms. The number of nitrogens with zero attached hydrogens (tertiary/aromatic N) is 1. The van der Waals surface area contributed by atoms with Crippen molar-refractivity contribution in [3.05, 3.63) is 41.7 Å². The summed E-state index contributed by atoms with van der Waals surface area (Å²) in [6.07, 6.45) is -4.90. The Hall–Kier alpha value is -2.31. The fraction of sp³-hybridized carbons (Fsp3) is 0.0909. The highest BCUT2D eigenvalue weighted by molar-refractivity contribution is 5.95. The quantitative estimate of drug-likeness (QED) is 0.897. The van der Waals surface area contributed by atoms with Gasteiger partial charge in [-0.3, -0.25) is 0 Å². The molecular weight excluding hydrogens is 251 g/mol. The third kappa shape index (κ3) is 2.06. The molecule has 94 valence electrons. The molecule has 2 rings (SSSR count). The number of aromatic nitrogens is 1. The van der Waals surface area contributed by atoms with Crippen LogP contribution in [0.2, 0.25) is 0 Å². The van der Waals surface area contributed by atoms with Crippen LogP contribution in [-0.4, -0.2) is 16.2 Å². The van der Waals surface area contributed by atoms with E-state index in [4.69, 9.17) is 5.11 Å². The predicted octanol–water partition coefficient (Wildman–Crippen LogP) is 3.06. The van der Waals surface area contributed by atoms with E-state index in [1.165, 1.54) is 12.1 Å². The molecule has 1 heterocycles. The summed E-state index contributed by atoms with van der Waals surface area (Å²) in [7, 11) is 0. The lowest BCUT2D eigenvalue weighted by atomic mass is 10.1. The lowest BCUT2D eigenvalue weighted by molar-refractivity contribution is -0.156. The summed E-state index contributed by atoms with van der Waals surface area (Å²) < 4.78 is 41.7. The number of hydrogen-bond acceptors (Lipinski definition) is 3. The fourth-order valence-corrected chi connectivity index (χ4v) is 1.48. The van der Waals surface area contributed by atoms with E-state index >= 15 is 0 Å². The number of carboxylic acids is 1. The molecule has 0 bridgehead atoms. The summed E-state index contributed by atoms with van der Waals surface area (Å²) in [5.41, 5.74) is -1.07. The summed E-state index contributed by atoms with van der Waals surface area (Å²) in [4.78, 5) is 10.9. The number of halogens is 3. The van der Waals surface area contributed by atoms with Gasteiger partial charge in [0, 0.05) is 5.56 Å². The highest BCUT2D eigenvalue weighted by Crippen LogP contribution is 2.36. The lowest BCUT2D eigenvalue weighted by Gasteiger charge is -2.02. The molecule has 0 aliphatic carbocycles. The molecule has 0 fully saturated rings. The number of hydrogen-bond donors (Lipinski definition) is 1. The number of aromatic carboxylic acids is 1. The Morgan fingerprint density at radius 3 is 2.33 bits per heavy atom. The Kier molecular flexibility index (Phi) is 2.82. The largest absolute Gasteiger partial charge is 0.477 e. The van der Waals surface area contributed by atoms with Gasteiger partial charge in [0.2, 0.25) is 0 Å². The second kappa shape index (κ2) is 4.17. The van der Waals surface area contributed by atoms with Crippen LogP contribution in [0.5, 0.6) is 0 Å². The van der Waals surface area contributed by atoms with Crippen molar-refractivity contribution in [3.8, 4) is 11.3 Å². The van der Waals surface area contributed by atoms with Gasteiger partial charge >= 0.3 is 12.1 Å². The van der Waals surface area contributed by atoms with Crippen molar-refractivity contribution in [1.29, 1.82) is 0 Å². The highest BCUT2D eigenvalue weighted by atomic mass is 19.4. The summed E-state index contributed by atoms with van der Waals surface area (Å²) in [5, 5.41) is 12.1. The van der Waals surface area contributed by atoms with Gasteiger partial charge in [0.25, 0.3) is 5.76 Å². The first-order valence-corrected chi connectivity index (χ1v) is 4.77. The molecule has 0 spiro atoms. The number of benzene rings is 1. The van der Waals surface area contributed by atoms with E-state index in [1.54, 1.807) is 18.2 Å². The normalized spacial score (nSPS) is 11.5. The zero-order valence-corrected chi connectivity index (χ0v) is 8.73. The van der Waals surface area contributed by atoms with Crippen LogP contribution in [0.1, 0.15) is 16.1 Å². The molecule has 0 aliphatic rings. The monoisotopic (exact) mass is 257 g/mol. The van der Waals surface area contributed by atoms with E-state index in [9.17, 15) is 18.0 Å². The van der Waals surface area contributed by atoms with Crippen LogP contribution in [0.3, 0.4) is 0 Å². The van der Waals surface area contributed by atoms with Crippen LogP contribution in [-0.2, 0) is 6.18 Å². The minimum absolute atomic E-state index is 0.245. The van der Waals surface area contributed by atoms with Crippen LogP contribution in [0.25, 0.3) is 11.3 Å². The Morgan fingerprint density at radius 1 is 1.22 bits per heavy atom. The third-order valence-electron chi connectivity index (χ3n) is 2.21. The van der Waals surface area contributed by atoms with Crippen molar-refractivity contribution in [2.24, 2.45) is 0 Å². The molecule has 0 atom stereocenters. The first-order chi connectivity index (χ1) is 8.41. The highest BCUT2D eigenvalue weighted by Gasteiger charge is 2.42. The van der Waals surface area contributed by atoms with Crippen LogP contribution in [0, 0.1) is 0 Å².